The molecule has 1 aliphatic rings. The van der Waals surface area contributed by atoms with Crippen LogP contribution in [0.2, 0.25) is 0 Å². The Balaban J connectivity index is 1.63. The Morgan fingerprint density at radius 3 is 2.71 bits per heavy atom. The number of benzene rings is 1. The summed E-state index contributed by atoms with van der Waals surface area (Å²) in [6, 6.07) is 3.55. The van der Waals surface area contributed by atoms with Crippen molar-refractivity contribution in [1.82, 2.24) is 4.90 Å². The fraction of sp³-hybridized carbons (Fsp3) is 0.611. The van der Waals surface area contributed by atoms with Crippen LogP contribution in [0.3, 0.4) is 0 Å². The molecule has 6 heteroatoms. The third-order valence-electron chi connectivity index (χ3n) is 4.18. The highest BCUT2D eigenvalue weighted by molar-refractivity contribution is 5.69. The maximum atomic E-state index is 13.6. The monoisotopic (exact) mass is 341 g/mol. The van der Waals surface area contributed by atoms with Crippen LogP contribution >= 0.6 is 0 Å². The molecular weight excluding hydrogens is 316 g/mol. The van der Waals surface area contributed by atoms with Crippen molar-refractivity contribution in [2.75, 3.05) is 26.2 Å². The summed E-state index contributed by atoms with van der Waals surface area (Å²) in [5.41, 5.74) is 0.383. The topological polar surface area (TPSA) is 38.8 Å². The first kappa shape index (κ1) is 18.8. The van der Waals surface area contributed by atoms with Crippen LogP contribution in [0.1, 0.15) is 38.2 Å². The lowest BCUT2D eigenvalue weighted by molar-refractivity contribution is -0.143. The molecular formula is C18H25F2NO3. The van der Waals surface area contributed by atoms with Gasteiger partial charge in [-0.2, -0.15) is 0 Å². The number of carbonyl (C=O) groups excluding carboxylic acids is 1. The van der Waals surface area contributed by atoms with Crippen LogP contribution in [-0.4, -0.2) is 43.2 Å². The van der Waals surface area contributed by atoms with Crippen LogP contribution < -0.4 is 0 Å². The van der Waals surface area contributed by atoms with Gasteiger partial charge in [-0.1, -0.05) is 6.07 Å². The van der Waals surface area contributed by atoms with Gasteiger partial charge in [-0.05, 0) is 38.8 Å². The maximum Gasteiger partial charge on any atom is 0.305 e. The van der Waals surface area contributed by atoms with Crippen molar-refractivity contribution in [3.63, 3.8) is 0 Å². The minimum absolute atomic E-state index is 0.0933. The lowest BCUT2D eigenvalue weighted by Gasteiger charge is -2.31. The Morgan fingerprint density at radius 2 is 2.04 bits per heavy atom. The van der Waals surface area contributed by atoms with Crippen molar-refractivity contribution in [3.8, 4) is 0 Å². The van der Waals surface area contributed by atoms with Crippen LogP contribution in [0.5, 0.6) is 0 Å². The Kier molecular flexibility index (Phi) is 7.59. The highest BCUT2D eigenvalue weighted by atomic mass is 19.1. The van der Waals surface area contributed by atoms with Crippen LogP contribution in [-0.2, 0) is 20.9 Å². The number of halogens is 2. The molecule has 0 atom stereocenters. The summed E-state index contributed by atoms with van der Waals surface area (Å²) in [7, 11) is 0. The second-order valence-electron chi connectivity index (χ2n) is 6.00. The number of hydrogen-bond acceptors (Lipinski definition) is 4. The SMILES string of the molecule is CCOC(=O)CCCN1CCC(OCc2ccc(F)cc2F)CC1. The Morgan fingerprint density at radius 1 is 1.29 bits per heavy atom. The third kappa shape index (κ3) is 6.17. The largest absolute Gasteiger partial charge is 0.466 e. The standard InChI is InChI=1S/C18H25F2NO3/c1-2-23-18(22)4-3-9-21-10-7-16(8-11-21)24-13-14-5-6-15(19)12-17(14)20/h5-6,12,16H,2-4,7-11,13H2,1H3. The zero-order valence-corrected chi connectivity index (χ0v) is 14.1. The molecule has 0 unspecified atom stereocenters. The van der Waals surface area contributed by atoms with Crippen molar-refractivity contribution >= 4 is 5.97 Å². The predicted molar refractivity (Wildman–Crippen MR) is 86.5 cm³/mol. The van der Waals surface area contributed by atoms with Gasteiger partial charge in [-0.3, -0.25) is 4.79 Å². The Hall–Kier alpha value is -1.53. The number of ether oxygens (including phenoxy) is 2. The van der Waals surface area contributed by atoms with Crippen LogP contribution in [0.15, 0.2) is 18.2 Å². The molecule has 0 radical (unpaired) electrons. The number of hydrogen-bond donors (Lipinski definition) is 0. The zero-order valence-electron chi connectivity index (χ0n) is 14.1. The van der Waals surface area contributed by atoms with Gasteiger partial charge in [-0.25, -0.2) is 8.78 Å². The van der Waals surface area contributed by atoms with Crippen molar-refractivity contribution < 1.29 is 23.0 Å². The molecule has 0 aromatic heterocycles. The minimum atomic E-state index is -0.577. The normalized spacial score (nSPS) is 16.3. The van der Waals surface area contributed by atoms with Gasteiger partial charge >= 0.3 is 5.97 Å². The third-order valence-corrected chi connectivity index (χ3v) is 4.18. The van der Waals surface area contributed by atoms with Gasteiger partial charge in [0.25, 0.3) is 0 Å². The van der Waals surface area contributed by atoms with Gasteiger partial charge in [0.15, 0.2) is 0 Å². The fourth-order valence-corrected chi connectivity index (χ4v) is 2.83. The first-order valence-corrected chi connectivity index (χ1v) is 8.52. The summed E-state index contributed by atoms with van der Waals surface area (Å²) in [5.74, 6) is -1.28. The molecule has 0 bridgehead atoms. The molecule has 0 spiro atoms. The van der Waals surface area contributed by atoms with Gasteiger partial charge in [0.2, 0.25) is 0 Å². The summed E-state index contributed by atoms with van der Waals surface area (Å²) in [4.78, 5) is 13.6. The van der Waals surface area contributed by atoms with Gasteiger partial charge in [0.1, 0.15) is 11.6 Å². The van der Waals surface area contributed by atoms with E-state index >= 15 is 0 Å². The van der Waals surface area contributed by atoms with Crippen LogP contribution in [0.4, 0.5) is 8.78 Å². The molecule has 0 amide bonds. The van der Waals surface area contributed by atoms with Gasteiger partial charge in [0, 0.05) is 31.1 Å². The smallest absolute Gasteiger partial charge is 0.305 e. The lowest BCUT2D eigenvalue weighted by atomic mass is 10.1. The minimum Gasteiger partial charge on any atom is -0.466 e. The molecule has 0 aliphatic carbocycles. The van der Waals surface area contributed by atoms with E-state index < -0.39 is 11.6 Å². The summed E-state index contributed by atoms with van der Waals surface area (Å²) in [5, 5.41) is 0. The second kappa shape index (κ2) is 9.69. The van der Waals surface area contributed by atoms with E-state index in [1.165, 1.54) is 12.1 Å². The number of esters is 1. The molecule has 4 nitrogen and oxygen atoms in total. The molecule has 1 aliphatic heterocycles. The molecule has 1 heterocycles. The van der Waals surface area contributed by atoms with E-state index in [-0.39, 0.29) is 18.7 Å². The van der Waals surface area contributed by atoms with Crippen molar-refractivity contribution in [1.29, 1.82) is 0 Å². The zero-order chi connectivity index (χ0) is 17.4. The quantitative estimate of drug-likeness (QED) is 0.680. The Bertz CT molecular complexity index is 531. The fourth-order valence-electron chi connectivity index (χ4n) is 2.83. The second-order valence-corrected chi connectivity index (χ2v) is 6.00. The van der Waals surface area contributed by atoms with E-state index in [1.807, 2.05) is 0 Å². The lowest BCUT2D eigenvalue weighted by Crippen LogP contribution is -2.37. The van der Waals surface area contributed by atoms with E-state index in [9.17, 15) is 13.6 Å². The van der Waals surface area contributed by atoms with E-state index in [0.29, 0.717) is 18.6 Å². The average molecular weight is 341 g/mol. The average Bonchev–Trinajstić information content (AvgIpc) is 2.55. The number of piperidine rings is 1. The molecule has 2 rings (SSSR count). The predicted octanol–water partition coefficient (Wildman–Crippen LogP) is 3.29. The molecule has 0 saturated carbocycles. The number of likely N-dealkylation sites (tertiary alicyclic amines) is 1. The van der Waals surface area contributed by atoms with E-state index in [1.54, 1.807) is 6.92 Å². The number of carbonyl (C=O) groups is 1. The Labute approximate surface area is 141 Å². The maximum absolute atomic E-state index is 13.6. The van der Waals surface area contributed by atoms with Crippen molar-refractivity contribution in [2.45, 2.75) is 45.3 Å². The number of rotatable bonds is 8. The molecule has 0 N–H and O–H groups in total. The first-order chi connectivity index (χ1) is 11.6. The summed E-state index contributed by atoms with van der Waals surface area (Å²) in [6.07, 6.45) is 3.10. The van der Waals surface area contributed by atoms with Crippen LogP contribution in [0, 0.1) is 11.6 Å². The molecule has 1 fully saturated rings. The van der Waals surface area contributed by atoms with Gasteiger partial charge in [0.05, 0.1) is 19.3 Å². The first-order valence-electron chi connectivity index (χ1n) is 8.52. The van der Waals surface area contributed by atoms with Gasteiger partial charge in [-0.15, -0.1) is 0 Å². The summed E-state index contributed by atoms with van der Waals surface area (Å²) in [6.45, 7) is 5.08. The molecule has 1 aromatic rings. The molecule has 1 aromatic carbocycles. The van der Waals surface area contributed by atoms with Crippen molar-refractivity contribution in [3.05, 3.63) is 35.4 Å². The summed E-state index contributed by atoms with van der Waals surface area (Å²) < 4.78 is 37.1. The molecule has 1 saturated heterocycles. The van der Waals surface area contributed by atoms with Crippen LogP contribution in [0.25, 0.3) is 0 Å². The summed E-state index contributed by atoms with van der Waals surface area (Å²) >= 11 is 0. The van der Waals surface area contributed by atoms with Gasteiger partial charge < -0.3 is 14.4 Å². The highest BCUT2D eigenvalue weighted by Crippen LogP contribution is 2.18. The highest BCUT2D eigenvalue weighted by Gasteiger charge is 2.20. The van der Waals surface area contributed by atoms with E-state index in [2.05, 4.69) is 4.90 Å². The van der Waals surface area contributed by atoms with E-state index in [0.717, 1.165) is 45.0 Å². The molecule has 134 valence electrons. The molecule has 24 heavy (non-hydrogen) atoms. The number of nitrogens with zero attached hydrogens (tertiary/aromatic N) is 1. The van der Waals surface area contributed by atoms with Crippen molar-refractivity contribution in [2.24, 2.45) is 0 Å². The van der Waals surface area contributed by atoms with E-state index in [4.69, 9.17) is 9.47 Å².